The molecule has 1 amide bonds. The van der Waals surface area contributed by atoms with E-state index < -0.39 is 29.5 Å². The number of carbonyl (C=O) groups excluding carboxylic acids is 1. The van der Waals surface area contributed by atoms with E-state index in [0.717, 1.165) is 4.47 Å². The van der Waals surface area contributed by atoms with Crippen LogP contribution < -0.4 is 5.32 Å². The van der Waals surface area contributed by atoms with Gasteiger partial charge in [-0.3, -0.25) is 9.59 Å². The van der Waals surface area contributed by atoms with Gasteiger partial charge in [0, 0.05) is 10.2 Å². The molecule has 6 heteroatoms. The third kappa shape index (κ3) is 2.38. The van der Waals surface area contributed by atoms with Gasteiger partial charge in [0.1, 0.15) is 5.92 Å². The molecule has 0 aromatic heterocycles. The van der Waals surface area contributed by atoms with Crippen LogP contribution in [0.15, 0.2) is 40.9 Å². The standard InChI is InChI=1S/C15H14BrNO4/c1-15-6-5-10(21-15)11(14(19)20)12(15)13(18)17-9-4-2-3-8(16)7-9/h2-7,10-12H,1H3,(H,17,18)(H,19,20). The molecule has 110 valence electrons. The number of rotatable bonds is 3. The van der Waals surface area contributed by atoms with Gasteiger partial charge in [-0.1, -0.05) is 34.1 Å². The molecule has 0 aliphatic carbocycles. The van der Waals surface area contributed by atoms with Crippen LogP contribution >= 0.6 is 15.9 Å². The topological polar surface area (TPSA) is 75.6 Å². The quantitative estimate of drug-likeness (QED) is 0.820. The largest absolute Gasteiger partial charge is 0.481 e. The summed E-state index contributed by atoms with van der Waals surface area (Å²) in [5, 5.41) is 12.2. The lowest BCUT2D eigenvalue weighted by atomic mass is 9.75. The third-order valence-corrected chi connectivity index (χ3v) is 4.49. The number of carboxylic acid groups (broad SMARTS) is 1. The Morgan fingerprint density at radius 1 is 1.43 bits per heavy atom. The van der Waals surface area contributed by atoms with Crippen LogP contribution in [0.25, 0.3) is 0 Å². The average Bonchev–Trinajstić information content (AvgIpc) is 2.91. The predicted molar refractivity (Wildman–Crippen MR) is 79.8 cm³/mol. The molecule has 4 unspecified atom stereocenters. The van der Waals surface area contributed by atoms with Crippen molar-refractivity contribution >= 4 is 33.5 Å². The number of aliphatic carboxylic acids is 1. The van der Waals surface area contributed by atoms with Crippen molar-refractivity contribution in [2.45, 2.75) is 18.6 Å². The molecule has 2 N–H and O–H groups in total. The number of anilines is 1. The summed E-state index contributed by atoms with van der Waals surface area (Å²) in [7, 11) is 0. The zero-order valence-corrected chi connectivity index (χ0v) is 12.8. The lowest BCUT2D eigenvalue weighted by molar-refractivity contribution is -0.146. The lowest BCUT2D eigenvalue weighted by Gasteiger charge is -2.27. The molecule has 1 fully saturated rings. The van der Waals surface area contributed by atoms with E-state index in [4.69, 9.17) is 4.74 Å². The number of fused-ring (bicyclic) bond motifs is 2. The summed E-state index contributed by atoms with van der Waals surface area (Å²) < 4.78 is 6.51. The van der Waals surface area contributed by atoms with Gasteiger partial charge in [-0.05, 0) is 25.1 Å². The fourth-order valence-electron chi connectivity index (χ4n) is 3.07. The maximum atomic E-state index is 12.5. The third-order valence-electron chi connectivity index (χ3n) is 4.00. The number of hydrogen-bond donors (Lipinski definition) is 2. The molecule has 0 saturated carbocycles. The Morgan fingerprint density at radius 2 is 2.19 bits per heavy atom. The highest BCUT2D eigenvalue weighted by Crippen LogP contribution is 2.47. The van der Waals surface area contributed by atoms with Gasteiger partial charge < -0.3 is 15.2 Å². The van der Waals surface area contributed by atoms with E-state index in [9.17, 15) is 14.7 Å². The summed E-state index contributed by atoms with van der Waals surface area (Å²) in [6.45, 7) is 1.75. The molecule has 1 saturated heterocycles. The molecule has 5 nitrogen and oxygen atoms in total. The molecule has 3 rings (SSSR count). The van der Waals surface area contributed by atoms with Crippen molar-refractivity contribution in [3.63, 3.8) is 0 Å². The minimum Gasteiger partial charge on any atom is -0.481 e. The van der Waals surface area contributed by atoms with E-state index in [1.807, 2.05) is 6.07 Å². The zero-order valence-electron chi connectivity index (χ0n) is 11.2. The second kappa shape index (κ2) is 4.96. The molecular formula is C15H14BrNO4. The van der Waals surface area contributed by atoms with Gasteiger partial charge in [0.05, 0.1) is 17.6 Å². The highest BCUT2D eigenvalue weighted by atomic mass is 79.9. The summed E-state index contributed by atoms with van der Waals surface area (Å²) in [5.41, 5.74) is -0.238. The Labute approximate surface area is 130 Å². The molecule has 4 atom stereocenters. The molecule has 1 aromatic carbocycles. The highest BCUT2D eigenvalue weighted by molar-refractivity contribution is 9.10. The first-order valence-electron chi connectivity index (χ1n) is 6.57. The minimum absolute atomic E-state index is 0.338. The van der Waals surface area contributed by atoms with Gasteiger partial charge in [0.2, 0.25) is 5.91 Å². The summed E-state index contributed by atoms with van der Waals surface area (Å²) in [4.78, 5) is 24.0. The summed E-state index contributed by atoms with van der Waals surface area (Å²) in [6.07, 6.45) is 2.97. The first-order chi connectivity index (χ1) is 9.90. The molecule has 2 bridgehead atoms. The first-order valence-corrected chi connectivity index (χ1v) is 7.36. The summed E-state index contributed by atoms with van der Waals surface area (Å²) in [6, 6.07) is 7.16. The number of carbonyl (C=O) groups is 2. The maximum absolute atomic E-state index is 12.5. The van der Waals surface area contributed by atoms with Crippen molar-refractivity contribution in [1.29, 1.82) is 0 Å². The number of halogens is 1. The Kier molecular flexibility index (Phi) is 3.37. The summed E-state index contributed by atoms with van der Waals surface area (Å²) >= 11 is 3.33. The van der Waals surface area contributed by atoms with Crippen LogP contribution in [-0.4, -0.2) is 28.7 Å². The molecule has 0 spiro atoms. The highest BCUT2D eigenvalue weighted by Gasteiger charge is 2.59. The fraction of sp³-hybridized carbons (Fsp3) is 0.333. The molecule has 0 radical (unpaired) electrons. The summed E-state index contributed by atoms with van der Waals surface area (Å²) in [5.74, 6) is -2.95. The number of hydrogen-bond acceptors (Lipinski definition) is 3. The van der Waals surface area contributed by atoms with Crippen LogP contribution in [0.4, 0.5) is 5.69 Å². The van der Waals surface area contributed by atoms with E-state index in [0.29, 0.717) is 5.69 Å². The van der Waals surface area contributed by atoms with Crippen LogP contribution in [0.3, 0.4) is 0 Å². The van der Waals surface area contributed by atoms with Crippen LogP contribution in [0.2, 0.25) is 0 Å². The van der Waals surface area contributed by atoms with Gasteiger partial charge >= 0.3 is 5.97 Å². The predicted octanol–water partition coefficient (Wildman–Crippen LogP) is 2.43. The number of amides is 1. The Bertz CT molecular complexity index is 644. The van der Waals surface area contributed by atoms with E-state index in [1.165, 1.54) is 0 Å². The normalized spacial score (nSPS) is 33.1. The first kappa shape index (κ1) is 14.3. The molecule has 1 aromatic rings. The van der Waals surface area contributed by atoms with Gasteiger partial charge in [-0.2, -0.15) is 0 Å². The van der Waals surface area contributed by atoms with Gasteiger partial charge in [0.15, 0.2) is 0 Å². The van der Waals surface area contributed by atoms with E-state index >= 15 is 0 Å². The van der Waals surface area contributed by atoms with Crippen molar-refractivity contribution in [2.24, 2.45) is 11.8 Å². The van der Waals surface area contributed by atoms with Crippen molar-refractivity contribution < 1.29 is 19.4 Å². The van der Waals surface area contributed by atoms with Crippen LogP contribution in [0.1, 0.15) is 6.92 Å². The van der Waals surface area contributed by atoms with E-state index in [2.05, 4.69) is 21.2 Å². The van der Waals surface area contributed by atoms with Crippen LogP contribution in [0.5, 0.6) is 0 Å². The monoisotopic (exact) mass is 351 g/mol. The van der Waals surface area contributed by atoms with Crippen LogP contribution in [-0.2, 0) is 14.3 Å². The molecule has 2 aliphatic rings. The Hall–Kier alpha value is -1.66. The van der Waals surface area contributed by atoms with Crippen LogP contribution in [0, 0.1) is 11.8 Å². The van der Waals surface area contributed by atoms with E-state index in [1.54, 1.807) is 37.3 Å². The van der Waals surface area contributed by atoms with Gasteiger partial charge in [0.25, 0.3) is 0 Å². The van der Waals surface area contributed by atoms with Gasteiger partial charge in [-0.15, -0.1) is 0 Å². The zero-order chi connectivity index (χ0) is 15.2. The van der Waals surface area contributed by atoms with Crippen molar-refractivity contribution in [1.82, 2.24) is 0 Å². The SMILES string of the molecule is CC12C=CC(O1)C(C(=O)O)C2C(=O)Nc1cccc(Br)c1. The Balaban J connectivity index is 1.86. The molecular weight excluding hydrogens is 338 g/mol. The number of benzene rings is 1. The second-order valence-electron chi connectivity index (χ2n) is 5.47. The van der Waals surface area contributed by atoms with Crippen molar-refractivity contribution in [3.8, 4) is 0 Å². The number of ether oxygens (including phenoxy) is 1. The number of carboxylic acids is 1. The fourth-order valence-corrected chi connectivity index (χ4v) is 3.47. The average molecular weight is 352 g/mol. The maximum Gasteiger partial charge on any atom is 0.310 e. The van der Waals surface area contributed by atoms with E-state index in [-0.39, 0.29) is 5.91 Å². The lowest BCUT2D eigenvalue weighted by Crippen LogP contribution is -2.44. The smallest absolute Gasteiger partial charge is 0.310 e. The molecule has 21 heavy (non-hydrogen) atoms. The molecule has 2 aliphatic heterocycles. The van der Waals surface area contributed by atoms with Gasteiger partial charge in [-0.25, -0.2) is 0 Å². The second-order valence-corrected chi connectivity index (χ2v) is 6.38. The molecule has 2 heterocycles. The van der Waals surface area contributed by atoms with Crippen molar-refractivity contribution in [3.05, 3.63) is 40.9 Å². The number of nitrogens with one attached hydrogen (secondary N) is 1. The minimum atomic E-state index is -1.01. The van der Waals surface area contributed by atoms with Crippen molar-refractivity contribution in [2.75, 3.05) is 5.32 Å². The Morgan fingerprint density at radius 3 is 2.86 bits per heavy atom.